The van der Waals surface area contributed by atoms with Gasteiger partial charge < -0.3 is 15.0 Å². The van der Waals surface area contributed by atoms with Crippen LogP contribution in [0.25, 0.3) is 0 Å². The fourth-order valence-corrected chi connectivity index (χ4v) is 3.17. The number of hydrogen-bond acceptors (Lipinski definition) is 6. The third-order valence-corrected chi connectivity index (χ3v) is 5.79. The maximum atomic E-state index is 12.4. The number of hydrogen-bond donors (Lipinski definition) is 2. The second-order valence-corrected chi connectivity index (χ2v) is 8.24. The van der Waals surface area contributed by atoms with E-state index in [0.717, 1.165) is 11.4 Å². The highest BCUT2D eigenvalue weighted by Crippen LogP contribution is 2.20. The second-order valence-electron chi connectivity index (χ2n) is 6.90. The summed E-state index contributed by atoms with van der Waals surface area (Å²) in [5.74, 6) is 1.03. The lowest BCUT2D eigenvalue weighted by Crippen LogP contribution is -2.49. The van der Waals surface area contributed by atoms with E-state index in [2.05, 4.69) is 42.2 Å². The molecule has 1 N–H and O–H groups in total. The van der Waals surface area contributed by atoms with E-state index in [1.54, 1.807) is 32.5 Å². The molecule has 146 valence electrons. The van der Waals surface area contributed by atoms with Crippen molar-refractivity contribution >= 4 is 42.0 Å². The highest BCUT2D eigenvalue weighted by atomic mass is 32.2. The van der Waals surface area contributed by atoms with Gasteiger partial charge in [-0.2, -0.15) is 24.4 Å². The summed E-state index contributed by atoms with van der Waals surface area (Å²) in [5, 5.41) is 2.81. The molecule has 0 aliphatic rings. The van der Waals surface area contributed by atoms with Crippen molar-refractivity contribution in [1.29, 1.82) is 0 Å². The molecule has 1 aromatic carbocycles. The van der Waals surface area contributed by atoms with Gasteiger partial charge in [0.15, 0.2) is 0 Å². The van der Waals surface area contributed by atoms with Crippen molar-refractivity contribution in [1.82, 2.24) is 5.32 Å². The lowest BCUT2D eigenvalue weighted by molar-refractivity contribution is -0.147. The van der Waals surface area contributed by atoms with Gasteiger partial charge >= 0.3 is 5.97 Å². The van der Waals surface area contributed by atoms with Gasteiger partial charge in [0.1, 0.15) is 6.04 Å². The molecule has 0 aromatic heterocycles. The molecule has 0 saturated heterocycles. The molecule has 5 nitrogen and oxygen atoms in total. The molecular formula is C19H30N2O3S2. The Hall–Kier alpha value is -1.34. The van der Waals surface area contributed by atoms with Crippen molar-refractivity contribution in [2.45, 2.75) is 32.6 Å². The molecule has 1 atom stereocenters. The van der Waals surface area contributed by atoms with Gasteiger partial charge in [0.2, 0.25) is 5.91 Å². The molecule has 0 radical (unpaired) electrons. The van der Waals surface area contributed by atoms with Crippen LogP contribution in [0.4, 0.5) is 5.69 Å². The Kier molecular flexibility index (Phi) is 9.36. The molecule has 0 heterocycles. The van der Waals surface area contributed by atoms with Crippen LogP contribution in [0.15, 0.2) is 24.3 Å². The van der Waals surface area contributed by atoms with Gasteiger partial charge in [-0.1, -0.05) is 26.0 Å². The highest BCUT2D eigenvalue weighted by Gasteiger charge is 2.30. The standard InChI is InChI=1S/C19H30N2O3S2/c1-6-24-17(22)16(20-18(23)19(2,3)13-25)12-26-11-14-7-9-15(10-8-14)21(4)5/h7-10,16,25H,6,11-13H2,1-5H3,(H,20,23)/t16-/m0/s1. The Balaban J connectivity index is 2.65. The van der Waals surface area contributed by atoms with Gasteiger partial charge in [-0.05, 0) is 24.6 Å². The summed E-state index contributed by atoms with van der Waals surface area (Å²) in [7, 11) is 4.01. The summed E-state index contributed by atoms with van der Waals surface area (Å²) in [4.78, 5) is 26.6. The molecule has 0 aliphatic carbocycles. The van der Waals surface area contributed by atoms with Crippen molar-refractivity contribution < 1.29 is 14.3 Å². The van der Waals surface area contributed by atoms with Crippen LogP contribution in [0.1, 0.15) is 26.3 Å². The number of benzene rings is 1. The van der Waals surface area contributed by atoms with Gasteiger partial charge in [0.05, 0.1) is 12.0 Å². The third-order valence-electron chi connectivity index (χ3n) is 3.89. The second kappa shape index (κ2) is 10.7. The number of thioether (sulfide) groups is 1. The fourth-order valence-electron chi connectivity index (χ4n) is 2.02. The lowest BCUT2D eigenvalue weighted by atomic mass is 9.95. The van der Waals surface area contributed by atoms with Gasteiger partial charge in [-0.25, -0.2) is 4.79 Å². The first-order chi connectivity index (χ1) is 12.2. The molecule has 1 rings (SSSR count). The zero-order chi connectivity index (χ0) is 19.7. The van der Waals surface area contributed by atoms with Crippen LogP contribution < -0.4 is 10.2 Å². The van der Waals surface area contributed by atoms with Crippen LogP contribution in [0, 0.1) is 5.41 Å². The van der Waals surface area contributed by atoms with Crippen LogP contribution in [-0.2, 0) is 20.1 Å². The quantitative estimate of drug-likeness (QED) is 0.469. The summed E-state index contributed by atoms with van der Waals surface area (Å²) in [6, 6.07) is 7.62. The summed E-state index contributed by atoms with van der Waals surface area (Å²) in [6.45, 7) is 5.65. The molecule has 1 aromatic rings. The minimum Gasteiger partial charge on any atom is -0.464 e. The normalized spacial score (nSPS) is 12.4. The zero-order valence-electron chi connectivity index (χ0n) is 16.2. The highest BCUT2D eigenvalue weighted by molar-refractivity contribution is 7.98. The Morgan fingerprint density at radius 2 is 1.88 bits per heavy atom. The molecule has 0 spiro atoms. The molecular weight excluding hydrogens is 368 g/mol. The first-order valence-electron chi connectivity index (χ1n) is 8.63. The third kappa shape index (κ3) is 7.11. The number of carbonyl (C=O) groups excluding carboxylic acids is 2. The molecule has 0 aliphatic heterocycles. The Morgan fingerprint density at radius 1 is 1.27 bits per heavy atom. The number of amides is 1. The number of rotatable bonds is 10. The van der Waals surface area contributed by atoms with Crippen molar-refractivity contribution in [2.75, 3.05) is 37.1 Å². The molecule has 0 saturated carbocycles. The first-order valence-corrected chi connectivity index (χ1v) is 10.4. The van der Waals surface area contributed by atoms with Gasteiger partial charge in [0, 0.05) is 37.0 Å². The van der Waals surface area contributed by atoms with Crippen molar-refractivity contribution in [3.05, 3.63) is 29.8 Å². The number of thiol groups is 1. The maximum Gasteiger partial charge on any atom is 0.329 e. The number of ether oxygens (including phenoxy) is 1. The first kappa shape index (κ1) is 22.7. The zero-order valence-corrected chi connectivity index (χ0v) is 18.0. The Morgan fingerprint density at radius 3 is 2.38 bits per heavy atom. The van der Waals surface area contributed by atoms with Gasteiger partial charge in [0.25, 0.3) is 0 Å². The molecule has 1 amide bonds. The molecule has 0 fully saturated rings. The molecule has 7 heteroatoms. The van der Waals surface area contributed by atoms with E-state index in [0.29, 0.717) is 11.5 Å². The minimum atomic E-state index is -0.660. The van der Waals surface area contributed by atoms with E-state index < -0.39 is 17.4 Å². The van der Waals surface area contributed by atoms with Crippen LogP contribution in [0.2, 0.25) is 0 Å². The molecule has 26 heavy (non-hydrogen) atoms. The van der Waals surface area contributed by atoms with Crippen LogP contribution in [-0.4, -0.2) is 50.1 Å². The topological polar surface area (TPSA) is 58.6 Å². The van der Waals surface area contributed by atoms with E-state index in [1.165, 1.54) is 5.56 Å². The van der Waals surface area contributed by atoms with Gasteiger partial charge in [-0.15, -0.1) is 0 Å². The molecule has 0 unspecified atom stereocenters. The fraction of sp³-hybridized carbons (Fsp3) is 0.579. The molecule has 0 bridgehead atoms. The Bertz CT molecular complexity index is 589. The van der Waals surface area contributed by atoms with Crippen molar-refractivity contribution in [3.63, 3.8) is 0 Å². The number of anilines is 1. The summed E-state index contributed by atoms with van der Waals surface area (Å²) in [5.41, 5.74) is 1.68. The smallest absolute Gasteiger partial charge is 0.329 e. The van der Waals surface area contributed by atoms with Crippen molar-refractivity contribution in [2.24, 2.45) is 5.41 Å². The average Bonchev–Trinajstić information content (AvgIpc) is 2.61. The number of nitrogens with one attached hydrogen (secondary N) is 1. The van der Waals surface area contributed by atoms with E-state index in [-0.39, 0.29) is 12.5 Å². The minimum absolute atomic E-state index is 0.193. The summed E-state index contributed by atoms with van der Waals surface area (Å²) in [6.07, 6.45) is 0. The SMILES string of the molecule is CCOC(=O)[C@H](CSCc1ccc(N(C)C)cc1)NC(=O)C(C)(C)CS. The van der Waals surface area contributed by atoms with E-state index in [9.17, 15) is 9.59 Å². The van der Waals surface area contributed by atoms with Crippen LogP contribution in [0.5, 0.6) is 0 Å². The van der Waals surface area contributed by atoms with Gasteiger partial charge in [-0.3, -0.25) is 4.79 Å². The van der Waals surface area contributed by atoms with Crippen LogP contribution in [0.3, 0.4) is 0 Å². The predicted octanol–water partition coefficient (Wildman–Crippen LogP) is 2.99. The number of esters is 1. The monoisotopic (exact) mass is 398 g/mol. The summed E-state index contributed by atoms with van der Waals surface area (Å²) < 4.78 is 5.10. The maximum absolute atomic E-state index is 12.4. The largest absolute Gasteiger partial charge is 0.464 e. The number of nitrogens with zero attached hydrogens (tertiary/aromatic N) is 1. The van der Waals surface area contributed by atoms with E-state index in [4.69, 9.17) is 4.74 Å². The summed E-state index contributed by atoms with van der Waals surface area (Å²) >= 11 is 5.81. The van der Waals surface area contributed by atoms with E-state index in [1.807, 2.05) is 19.0 Å². The van der Waals surface area contributed by atoms with Crippen LogP contribution >= 0.6 is 24.4 Å². The Labute approximate surface area is 166 Å². The lowest BCUT2D eigenvalue weighted by Gasteiger charge is -2.25. The average molecular weight is 399 g/mol. The van der Waals surface area contributed by atoms with Crippen molar-refractivity contribution in [3.8, 4) is 0 Å². The van der Waals surface area contributed by atoms with E-state index >= 15 is 0 Å². The predicted molar refractivity (Wildman–Crippen MR) is 113 cm³/mol. The number of carbonyl (C=O) groups is 2.